The number of hydrogen-bond donors (Lipinski definition) is 0. The van der Waals surface area contributed by atoms with Crippen molar-refractivity contribution in [3.05, 3.63) is 27.2 Å². The van der Waals surface area contributed by atoms with Crippen LogP contribution < -0.4 is 4.74 Å². The van der Waals surface area contributed by atoms with Gasteiger partial charge in [0.2, 0.25) is 0 Å². The normalized spacial score (nSPS) is 10.5. The van der Waals surface area contributed by atoms with Crippen molar-refractivity contribution >= 4 is 33.3 Å². The summed E-state index contributed by atoms with van der Waals surface area (Å²) in [6.07, 6.45) is 0. The SMILES string of the molecule is CC(=O)c1c(Cl)ccc(Br)c1OC(F)F. The maximum Gasteiger partial charge on any atom is 0.387 e. The highest BCUT2D eigenvalue weighted by atomic mass is 79.9. The fourth-order valence-corrected chi connectivity index (χ4v) is 1.77. The molecule has 2 nitrogen and oxygen atoms in total. The summed E-state index contributed by atoms with van der Waals surface area (Å²) in [5.41, 5.74) is -0.0497. The molecule has 6 heteroatoms. The largest absolute Gasteiger partial charge is 0.433 e. The number of ether oxygens (including phenoxy) is 1. The highest BCUT2D eigenvalue weighted by Gasteiger charge is 2.19. The Morgan fingerprint density at radius 2 is 2.13 bits per heavy atom. The summed E-state index contributed by atoms with van der Waals surface area (Å²) < 4.78 is 28.7. The summed E-state index contributed by atoms with van der Waals surface area (Å²) in [5, 5.41) is 0.0846. The summed E-state index contributed by atoms with van der Waals surface area (Å²) in [6.45, 7) is -1.77. The molecule has 0 aliphatic rings. The number of benzene rings is 1. The molecule has 0 aliphatic carbocycles. The number of carbonyl (C=O) groups is 1. The van der Waals surface area contributed by atoms with Crippen molar-refractivity contribution in [1.29, 1.82) is 0 Å². The van der Waals surface area contributed by atoms with Crippen molar-refractivity contribution in [3.8, 4) is 5.75 Å². The minimum absolute atomic E-state index is 0.0497. The molecule has 0 N–H and O–H groups in total. The average Bonchev–Trinajstić information content (AvgIpc) is 2.10. The lowest BCUT2D eigenvalue weighted by atomic mass is 10.1. The van der Waals surface area contributed by atoms with Gasteiger partial charge in [0.1, 0.15) is 0 Å². The summed E-state index contributed by atoms with van der Waals surface area (Å²) in [6, 6.07) is 2.87. The Bertz CT molecular complexity index is 396. The van der Waals surface area contributed by atoms with E-state index in [2.05, 4.69) is 20.7 Å². The summed E-state index contributed by atoms with van der Waals surface area (Å²) in [7, 11) is 0. The molecule has 0 unspecified atom stereocenters. The van der Waals surface area contributed by atoms with Crippen LogP contribution in [0.25, 0.3) is 0 Å². The second-order valence-corrected chi connectivity index (χ2v) is 3.93. The van der Waals surface area contributed by atoms with Gasteiger partial charge in [-0.2, -0.15) is 8.78 Å². The number of alkyl halides is 2. The van der Waals surface area contributed by atoms with E-state index in [0.717, 1.165) is 0 Å². The molecule has 1 rings (SSSR count). The molecule has 0 saturated heterocycles. The third-order valence-electron chi connectivity index (χ3n) is 1.62. The van der Waals surface area contributed by atoms with Crippen LogP contribution in [0.2, 0.25) is 5.02 Å². The Morgan fingerprint density at radius 3 is 2.60 bits per heavy atom. The smallest absolute Gasteiger partial charge is 0.387 e. The van der Waals surface area contributed by atoms with Crippen molar-refractivity contribution < 1.29 is 18.3 Å². The van der Waals surface area contributed by atoms with Crippen molar-refractivity contribution in [1.82, 2.24) is 0 Å². The van der Waals surface area contributed by atoms with E-state index in [1.165, 1.54) is 19.1 Å². The molecule has 1 aromatic rings. The van der Waals surface area contributed by atoms with E-state index in [0.29, 0.717) is 0 Å². The zero-order valence-corrected chi connectivity index (χ0v) is 9.90. The van der Waals surface area contributed by atoms with E-state index in [-0.39, 0.29) is 20.8 Å². The maximum atomic E-state index is 12.1. The van der Waals surface area contributed by atoms with Gasteiger partial charge in [0.15, 0.2) is 11.5 Å². The van der Waals surface area contributed by atoms with Crippen LogP contribution in [-0.2, 0) is 0 Å². The van der Waals surface area contributed by atoms with Crippen LogP contribution in [0.4, 0.5) is 8.78 Å². The molecule has 0 atom stereocenters. The van der Waals surface area contributed by atoms with Crippen LogP contribution in [0.15, 0.2) is 16.6 Å². The number of carbonyl (C=O) groups excluding carboxylic acids is 1. The van der Waals surface area contributed by atoms with Gasteiger partial charge in [-0.25, -0.2) is 0 Å². The minimum Gasteiger partial charge on any atom is -0.433 e. The fourth-order valence-electron chi connectivity index (χ4n) is 1.07. The standard InChI is InChI=1S/C9H6BrClF2O2/c1-4(14)7-6(11)3-2-5(10)8(7)15-9(12)13/h2-3,9H,1H3. The maximum absolute atomic E-state index is 12.1. The van der Waals surface area contributed by atoms with Gasteiger partial charge < -0.3 is 4.74 Å². The van der Waals surface area contributed by atoms with Gasteiger partial charge in [-0.1, -0.05) is 11.6 Å². The van der Waals surface area contributed by atoms with Crippen LogP contribution in [0.3, 0.4) is 0 Å². The molecule has 0 radical (unpaired) electrons. The first-order valence-electron chi connectivity index (χ1n) is 3.87. The second kappa shape index (κ2) is 4.90. The van der Waals surface area contributed by atoms with Gasteiger partial charge in [-0.3, -0.25) is 4.79 Å². The molecule has 15 heavy (non-hydrogen) atoms. The lowest BCUT2D eigenvalue weighted by molar-refractivity contribution is -0.0506. The van der Waals surface area contributed by atoms with E-state index in [1.54, 1.807) is 0 Å². The molecule has 0 fully saturated rings. The Hall–Kier alpha value is -0.680. The molecule has 0 aromatic heterocycles. The molecular formula is C9H6BrClF2O2. The molecule has 0 aliphatic heterocycles. The molecular weight excluding hydrogens is 293 g/mol. The van der Waals surface area contributed by atoms with Crippen LogP contribution in [0.1, 0.15) is 17.3 Å². The molecule has 0 saturated carbocycles. The fraction of sp³-hybridized carbons (Fsp3) is 0.222. The van der Waals surface area contributed by atoms with Crippen LogP contribution in [-0.4, -0.2) is 12.4 Å². The van der Waals surface area contributed by atoms with Crippen molar-refractivity contribution in [2.24, 2.45) is 0 Å². The Kier molecular flexibility index (Phi) is 4.04. The number of halogens is 4. The van der Waals surface area contributed by atoms with Gasteiger partial charge in [0.05, 0.1) is 15.1 Å². The van der Waals surface area contributed by atoms with E-state index >= 15 is 0 Å². The topological polar surface area (TPSA) is 26.3 Å². The molecule has 0 spiro atoms. The van der Waals surface area contributed by atoms with Gasteiger partial charge >= 0.3 is 6.61 Å². The number of hydrogen-bond acceptors (Lipinski definition) is 2. The zero-order chi connectivity index (χ0) is 11.6. The van der Waals surface area contributed by atoms with E-state index < -0.39 is 12.4 Å². The van der Waals surface area contributed by atoms with Gasteiger partial charge in [-0.05, 0) is 35.0 Å². The van der Waals surface area contributed by atoms with Gasteiger partial charge in [0, 0.05) is 0 Å². The molecule has 0 bridgehead atoms. The quantitative estimate of drug-likeness (QED) is 0.791. The predicted octanol–water partition coefficient (Wildman–Crippen LogP) is 3.91. The second-order valence-electron chi connectivity index (χ2n) is 2.67. The number of ketones is 1. The number of rotatable bonds is 3. The minimum atomic E-state index is -3.00. The summed E-state index contributed by atoms with van der Waals surface area (Å²) in [4.78, 5) is 11.2. The van der Waals surface area contributed by atoms with Crippen LogP contribution >= 0.6 is 27.5 Å². The summed E-state index contributed by atoms with van der Waals surface area (Å²) >= 11 is 8.72. The first kappa shape index (κ1) is 12.4. The lowest BCUT2D eigenvalue weighted by Gasteiger charge is -2.11. The number of Topliss-reactive ketones (excluding diaryl/α,β-unsaturated/α-hetero) is 1. The van der Waals surface area contributed by atoms with E-state index in [4.69, 9.17) is 11.6 Å². The predicted molar refractivity (Wildman–Crippen MR) is 55.8 cm³/mol. The molecule has 1 aromatic carbocycles. The van der Waals surface area contributed by atoms with Crippen molar-refractivity contribution in [2.45, 2.75) is 13.5 Å². The zero-order valence-electron chi connectivity index (χ0n) is 7.56. The highest BCUT2D eigenvalue weighted by Crippen LogP contribution is 2.35. The Morgan fingerprint density at radius 1 is 1.53 bits per heavy atom. The monoisotopic (exact) mass is 298 g/mol. The van der Waals surface area contributed by atoms with Crippen molar-refractivity contribution in [3.63, 3.8) is 0 Å². The van der Waals surface area contributed by atoms with E-state index in [1.807, 2.05) is 0 Å². The average molecular weight is 299 g/mol. The lowest BCUT2D eigenvalue weighted by Crippen LogP contribution is -2.07. The van der Waals surface area contributed by atoms with E-state index in [9.17, 15) is 13.6 Å². The Labute approximate surface area is 98.3 Å². The third-order valence-corrected chi connectivity index (χ3v) is 2.56. The van der Waals surface area contributed by atoms with Gasteiger partial charge in [0.25, 0.3) is 0 Å². The first-order chi connectivity index (χ1) is 6.93. The third kappa shape index (κ3) is 2.89. The first-order valence-corrected chi connectivity index (χ1v) is 5.04. The van der Waals surface area contributed by atoms with Crippen LogP contribution in [0.5, 0.6) is 5.75 Å². The van der Waals surface area contributed by atoms with Crippen LogP contribution in [0, 0.1) is 0 Å². The molecule has 82 valence electrons. The summed E-state index contributed by atoms with van der Waals surface area (Å²) in [5.74, 6) is -0.665. The highest BCUT2D eigenvalue weighted by molar-refractivity contribution is 9.10. The Balaban J connectivity index is 3.31. The van der Waals surface area contributed by atoms with Crippen molar-refractivity contribution in [2.75, 3.05) is 0 Å². The molecule has 0 amide bonds. The van der Waals surface area contributed by atoms with Gasteiger partial charge in [-0.15, -0.1) is 0 Å². The molecule has 0 heterocycles.